The number of nitrogen functional groups attached to an aromatic ring is 2. The number of pyridine rings is 1. The minimum Gasteiger partial charge on any atom is -0.397 e. The van der Waals surface area contributed by atoms with Crippen molar-refractivity contribution in [2.24, 2.45) is 4.99 Å². The topological polar surface area (TPSA) is 106 Å². The van der Waals surface area contributed by atoms with E-state index in [0.717, 1.165) is 0 Å². The van der Waals surface area contributed by atoms with Crippen molar-refractivity contribution in [3.8, 4) is 12.3 Å². The summed E-state index contributed by atoms with van der Waals surface area (Å²) >= 11 is 11.8. The molecule has 0 unspecified atom stereocenters. The van der Waals surface area contributed by atoms with Gasteiger partial charge in [0.2, 0.25) is 0 Å². The van der Waals surface area contributed by atoms with Gasteiger partial charge in [0.1, 0.15) is 11.5 Å². The van der Waals surface area contributed by atoms with Crippen LogP contribution in [0.15, 0.2) is 59.4 Å². The number of benzene rings is 1. The van der Waals surface area contributed by atoms with Crippen molar-refractivity contribution in [1.82, 2.24) is 10.3 Å². The minimum absolute atomic E-state index is 0.294. The predicted molar refractivity (Wildman–Crippen MR) is 120 cm³/mol. The van der Waals surface area contributed by atoms with Crippen LogP contribution in [-0.2, 0) is 0 Å². The largest absolute Gasteiger partial charge is 0.397 e. The lowest BCUT2D eigenvalue weighted by molar-refractivity contribution is 0.0967. The van der Waals surface area contributed by atoms with Crippen LogP contribution in [-0.4, -0.2) is 17.1 Å². The number of nitrogens with zero attached hydrogens (tertiary/aromatic N) is 2. The van der Waals surface area contributed by atoms with Crippen LogP contribution in [0.2, 0.25) is 10.0 Å². The van der Waals surface area contributed by atoms with Gasteiger partial charge in [-0.2, -0.15) is 0 Å². The van der Waals surface area contributed by atoms with E-state index in [2.05, 4.69) is 21.2 Å². The number of terminal acetylenes is 1. The number of nitrogens with one attached hydrogen (secondary N) is 1. The summed E-state index contributed by atoms with van der Waals surface area (Å²) in [6.07, 6.45) is 14.6. The van der Waals surface area contributed by atoms with E-state index in [1.165, 1.54) is 12.3 Å². The molecule has 2 rings (SSSR count). The van der Waals surface area contributed by atoms with Gasteiger partial charge in [0.15, 0.2) is 0 Å². The van der Waals surface area contributed by atoms with Crippen molar-refractivity contribution >= 4 is 52.5 Å². The summed E-state index contributed by atoms with van der Waals surface area (Å²) in [5, 5.41) is 3.46. The van der Waals surface area contributed by atoms with Gasteiger partial charge in [-0.05, 0) is 36.4 Å². The quantitative estimate of drug-likeness (QED) is 0.342. The molecule has 0 bridgehead atoms. The van der Waals surface area contributed by atoms with Crippen LogP contribution in [0.1, 0.15) is 23.2 Å². The van der Waals surface area contributed by atoms with E-state index < -0.39 is 0 Å². The molecule has 0 aliphatic carbocycles. The zero-order valence-corrected chi connectivity index (χ0v) is 16.9. The number of nitrogens with two attached hydrogens (primary N) is 2. The molecule has 0 aliphatic heterocycles. The Labute approximate surface area is 179 Å². The number of anilines is 2. The van der Waals surface area contributed by atoms with E-state index in [4.69, 9.17) is 41.1 Å². The van der Waals surface area contributed by atoms with Crippen LogP contribution >= 0.6 is 23.2 Å². The summed E-state index contributed by atoms with van der Waals surface area (Å²) in [6.45, 7) is 0. The summed E-state index contributed by atoms with van der Waals surface area (Å²) in [7, 11) is 0. The maximum absolute atomic E-state index is 12.4. The van der Waals surface area contributed by atoms with E-state index >= 15 is 0 Å². The van der Waals surface area contributed by atoms with Crippen molar-refractivity contribution in [2.45, 2.75) is 12.8 Å². The van der Waals surface area contributed by atoms with Gasteiger partial charge in [-0.25, -0.2) is 4.98 Å². The summed E-state index contributed by atoms with van der Waals surface area (Å²) in [4.78, 5) is 20.6. The van der Waals surface area contributed by atoms with E-state index in [9.17, 15) is 4.79 Å². The van der Waals surface area contributed by atoms with Crippen LogP contribution in [0, 0.1) is 12.3 Å². The van der Waals surface area contributed by atoms with Crippen LogP contribution in [0.5, 0.6) is 0 Å². The molecule has 0 aliphatic rings. The highest BCUT2D eigenvalue weighted by Gasteiger charge is 2.08. The number of rotatable bonds is 7. The van der Waals surface area contributed by atoms with Gasteiger partial charge >= 0.3 is 0 Å². The molecule has 0 radical (unpaired) electrons. The maximum atomic E-state index is 12.4. The van der Waals surface area contributed by atoms with Crippen molar-refractivity contribution in [3.05, 3.63) is 70.0 Å². The van der Waals surface area contributed by atoms with Crippen LogP contribution in [0.25, 0.3) is 0 Å². The molecule has 0 saturated carbocycles. The second-order valence-electron chi connectivity index (χ2n) is 5.77. The highest BCUT2D eigenvalue weighted by atomic mass is 35.5. The third-order valence-corrected chi connectivity index (χ3v) is 4.31. The number of allylic oxidation sites excluding steroid dienone is 3. The summed E-state index contributed by atoms with van der Waals surface area (Å²) < 4.78 is 0. The lowest BCUT2D eigenvalue weighted by Gasteiger charge is -2.07. The molecule has 2 aromatic rings. The third-order valence-electron chi connectivity index (χ3n) is 3.57. The Balaban J connectivity index is 2.03. The predicted octanol–water partition coefficient (Wildman–Crippen LogP) is 4.54. The molecule has 6 nitrogen and oxygen atoms in total. The molecule has 0 fully saturated rings. The fourth-order valence-electron chi connectivity index (χ4n) is 2.16. The SMILES string of the molecule is C#CC/C=C(\C=C/CC=Nc1cc(N)cnc1N)NC(=O)c1ccc(Cl)c(Cl)c1. The Morgan fingerprint density at radius 2 is 2.07 bits per heavy atom. The van der Waals surface area contributed by atoms with Crippen LogP contribution < -0.4 is 16.8 Å². The molecule has 0 atom stereocenters. The number of aliphatic imine (C=N–C) groups is 1. The van der Waals surface area contributed by atoms with E-state index in [1.54, 1.807) is 36.6 Å². The maximum Gasteiger partial charge on any atom is 0.255 e. The average Bonchev–Trinajstić information content (AvgIpc) is 2.70. The van der Waals surface area contributed by atoms with Gasteiger partial charge in [0.05, 0.1) is 21.9 Å². The van der Waals surface area contributed by atoms with E-state index in [-0.39, 0.29) is 5.91 Å². The van der Waals surface area contributed by atoms with Crippen molar-refractivity contribution in [3.63, 3.8) is 0 Å². The standard InChI is InChI=1S/C21H19Cl2N5O/c1-2-3-6-16(28-21(29)14-8-9-17(22)18(23)11-14)7-4-5-10-26-19-12-15(24)13-27-20(19)25/h1,4,6-13H,3,5,24H2,(H2,25,27)(H,28,29)/b7-4-,16-6+,26-10?. The Morgan fingerprint density at radius 3 is 2.79 bits per heavy atom. The molecule has 0 spiro atoms. The Morgan fingerprint density at radius 1 is 1.28 bits per heavy atom. The van der Waals surface area contributed by atoms with Crippen LogP contribution in [0.3, 0.4) is 0 Å². The highest BCUT2D eigenvalue weighted by Crippen LogP contribution is 2.23. The Bertz CT molecular complexity index is 1020. The lowest BCUT2D eigenvalue weighted by atomic mass is 10.2. The fourth-order valence-corrected chi connectivity index (χ4v) is 2.46. The molecule has 1 amide bonds. The normalized spacial score (nSPS) is 11.7. The molecular weight excluding hydrogens is 409 g/mol. The Kier molecular flexibility index (Phi) is 8.28. The van der Waals surface area contributed by atoms with Gasteiger partial charge in [-0.15, -0.1) is 12.3 Å². The van der Waals surface area contributed by atoms with Crippen molar-refractivity contribution in [1.29, 1.82) is 0 Å². The second-order valence-corrected chi connectivity index (χ2v) is 6.59. The first-order valence-corrected chi connectivity index (χ1v) is 9.26. The number of amides is 1. The molecule has 148 valence electrons. The number of carbonyl (C=O) groups is 1. The van der Waals surface area contributed by atoms with Crippen molar-refractivity contribution < 1.29 is 4.79 Å². The first-order chi connectivity index (χ1) is 13.9. The van der Waals surface area contributed by atoms with Crippen molar-refractivity contribution in [2.75, 3.05) is 11.5 Å². The van der Waals surface area contributed by atoms with Gasteiger partial charge in [0, 0.05) is 30.3 Å². The number of carbonyl (C=O) groups excluding carboxylic acids is 1. The smallest absolute Gasteiger partial charge is 0.255 e. The van der Waals surface area contributed by atoms with Crippen LogP contribution in [0.4, 0.5) is 17.2 Å². The fraction of sp³-hybridized carbons (Fsp3) is 0.0952. The molecule has 1 heterocycles. The summed E-state index contributed by atoms with van der Waals surface area (Å²) in [5.41, 5.74) is 13.3. The number of hydrogen-bond acceptors (Lipinski definition) is 5. The second kappa shape index (κ2) is 10.9. The van der Waals surface area contributed by atoms with Gasteiger partial charge < -0.3 is 16.8 Å². The third kappa shape index (κ3) is 7.00. The van der Waals surface area contributed by atoms with Gasteiger partial charge in [-0.1, -0.05) is 29.3 Å². The van der Waals surface area contributed by atoms with Gasteiger partial charge in [-0.3, -0.25) is 9.79 Å². The zero-order valence-electron chi connectivity index (χ0n) is 15.4. The molecule has 0 saturated heterocycles. The average molecular weight is 428 g/mol. The number of halogens is 2. The molecule has 5 N–H and O–H groups in total. The van der Waals surface area contributed by atoms with E-state index in [1.807, 2.05) is 6.08 Å². The molecule has 29 heavy (non-hydrogen) atoms. The van der Waals surface area contributed by atoms with Gasteiger partial charge in [0.25, 0.3) is 5.91 Å². The zero-order chi connectivity index (χ0) is 21.2. The number of aromatic nitrogens is 1. The first-order valence-electron chi connectivity index (χ1n) is 8.50. The molecule has 1 aromatic carbocycles. The molecular formula is C21H19Cl2N5O. The Hall–Kier alpha value is -3.27. The summed E-state index contributed by atoms with van der Waals surface area (Å²) in [6, 6.07) is 6.28. The highest BCUT2D eigenvalue weighted by molar-refractivity contribution is 6.42. The first kappa shape index (κ1) is 22.0. The molecule has 8 heteroatoms. The number of hydrogen-bond donors (Lipinski definition) is 3. The van der Waals surface area contributed by atoms with E-state index in [0.29, 0.717) is 51.3 Å². The minimum atomic E-state index is -0.330. The lowest BCUT2D eigenvalue weighted by Crippen LogP contribution is -2.21. The summed E-state index contributed by atoms with van der Waals surface area (Å²) in [5.74, 6) is 2.47. The molecule has 1 aromatic heterocycles. The monoisotopic (exact) mass is 427 g/mol.